The second-order valence-electron chi connectivity index (χ2n) is 1.01. The van der Waals surface area contributed by atoms with Crippen molar-refractivity contribution in [3.8, 4) is 0 Å². The van der Waals surface area contributed by atoms with Crippen LogP contribution in [0.25, 0.3) is 0 Å². The van der Waals surface area contributed by atoms with Crippen LogP contribution in [-0.4, -0.2) is 28.8 Å². The Morgan fingerprint density at radius 2 is 1.30 bits per heavy atom. The number of hydrogen-bond donors (Lipinski definition) is 4. The van der Waals surface area contributed by atoms with Crippen LogP contribution in [0.1, 0.15) is 1.43 Å². The molecule has 10 heavy (non-hydrogen) atoms. The zero-order chi connectivity index (χ0) is 7.21. The van der Waals surface area contributed by atoms with Gasteiger partial charge in [-0.1, -0.05) is 0 Å². The van der Waals surface area contributed by atoms with Crippen LogP contribution in [0, 0.1) is 0 Å². The van der Waals surface area contributed by atoms with Crippen LogP contribution in [0.2, 0.25) is 0 Å². The summed E-state index contributed by atoms with van der Waals surface area (Å²) in [5, 5.41) is 2.75. The van der Waals surface area contributed by atoms with E-state index in [1.165, 1.54) is 0 Å². The van der Waals surface area contributed by atoms with Gasteiger partial charge in [-0.2, -0.15) is 0 Å². The minimum atomic E-state index is -4.64. The molecule has 0 aromatic rings. The third kappa shape index (κ3) is 354. The zero-order valence-electron chi connectivity index (χ0n) is 7.11. The molecule has 0 atom stereocenters. The molecule has 0 bridgehead atoms. The Balaban J connectivity index is -0.0000000183. The summed E-state index contributed by atoms with van der Waals surface area (Å²) in [6, 6.07) is 0. The fraction of sp³-hybridized carbons (Fsp3) is 1.00. The molecule has 0 unspecified atom stereocenters. The fourth-order valence-corrected chi connectivity index (χ4v) is 0. The van der Waals surface area contributed by atoms with Crippen molar-refractivity contribution in [3.05, 3.63) is 0 Å². The molecule has 0 aromatic heterocycles. The maximum Gasteiger partial charge on any atom is 1.00 e. The molecule has 0 heterocycles. The van der Waals surface area contributed by atoms with Crippen molar-refractivity contribution in [2.45, 2.75) is 0 Å². The molecule has 0 saturated carbocycles. The SMILES string of the molecule is CNC.Cl.O=P(O)(O)O.[H-].[Na+]. The van der Waals surface area contributed by atoms with E-state index in [1.54, 1.807) is 0 Å². The third-order valence-corrected chi connectivity index (χ3v) is 0. The Bertz CT molecular complexity index is 83.9. The van der Waals surface area contributed by atoms with Gasteiger partial charge >= 0.3 is 37.4 Å². The summed E-state index contributed by atoms with van der Waals surface area (Å²) in [5.41, 5.74) is 0. The Kier molecular flexibility index (Phi) is 29.2. The topological polar surface area (TPSA) is 89.8 Å². The summed E-state index contributed by atoms with van der Waals surface area (Å²) < 4.78 is 8.88. The molecule has 0 amide bonds. The summed E-state index contributed by atoms with van der Waals surface area (Å²) in [6.45, 7) is 0. The van der Waals surface area contributed by atoms with Crippen molar-refractivity contribution in [1.29, 1.82) is 0 Å². The van der Waals surface area contributed by atoms with Crippen molar-refractivity contribution in [3.63, 3.8) is 0 Å². The summed E-state index contributed by atoms with van der Waals surface area (Å²) >= 11 is 0. The molecular weight excluding hydrogens is 191 g/mol. The van der Waals surface area contributed by atoms with E-state index in [0.29, 0.717) is 0 Å². The second kappa shape index (κ2) is 13.0. The summed E-state index contributed by atoms with van der Waals surface area (Å²) in [5.74, 6) is 0. The van der Waals surface area contributed by atoms with Gasteiger partial charge in [0.1, 0.15) is 0 Å². The second-order valence-corrected chi connectivity index (χ2v) is 2.04. The minimum absolute atomic E-state index is 0. The molecule has 0 saturated heterocycles. The maximum atomic E-state index is 8.88. The van der Waals surface area contributed by atoms with Crippen LogP contribution in [0.15, 0.2) is 0 Å². The van der Waals surface area contributed by atoms with E-state index < -0.39 is 7.82 Å². The van der Waals surface area contributed by atoms with Crippen LogP contribution in [0.5, 0.6) is 0 Å². The largest absolute Gasteiger partial charge is 1.00 e. The molecule has 8 heteroatoms. The van der Waals surface area contributed by atoms with Gasteiger partial charge in [0.15, 0.2) is 0 Å². The van der Waals surface area contributed by atoms with E-state index in [2.05, 4.69) is 5.32 Å². The van der Waals surface area contributed by atoms with Gasteiger partial charge in [0, 0.05) is 0 Å². The first kappa shape index (κ1) is 22.5. The zero-order valence-corrected chi connectivity index (χ0v) is 9.82. The molecule has 0 aliphatic heterocycles. The molecule has 5 nitrogen and oxygen atoms in total. The summed E-state index contributed by atoms with van der Waals surface area (Å²) in [6.07, 6.45) is 0. The molecule has 0 aliphatic rings. The van der Waals surface area contributed by atoms with Gasteiger partial charge in [-0.3, -0.25) is 0 Å². The van der Waals surface area contributed by atoms with E-state index >= 15 is 0 Å². The third-order valence-electron chi connectivity index (χ3n) is 0. The van der Waals surface area contributed by atoms with Gasteiger partial charge in [-0.25, -0.2) is 4.57 Å². The Labute approximate surface area is 89.6 Å². The summed E-state index contributed by atoms with van der Waals surface area (Å²) in [7, 11) is -0.889. The van der Waals surface area contributed by atoms with Crippen LogP contribution in [-0.2, 0) is 4.57 Å². The van der Waals surface area contributed by atoms with Gasteiger partial charge in [0.25, 0.3) is 0 Å². The van der Waals surface area contributed by atoms with Gasteiger partial charge < -0.3 is 21.4 Å². The molecule has 0 fully saturated rings. The van der Waals surface area contributed by atoms with E-state index in [0.717, 1.165) is 0 Å². The van der Waals surface area contributed by atoms with E-state index in [9.17, 15) is 0 Å². The number of halogens is 1. The van der Waals surface area contributed by atoms with Crippen LogP contribution < -0.4 is 34.9 Å². The van der Waals surface area contributed by atoms with E-state index in [-0.39, 0.29) is 43.4 Å². The first-order valence-corrected chi connectivity index (χ1v) is 3.35. The number of hydrogen-bond acceptors (Lipinski definition) is 2. The monoisotopic (exact) mass is 203 g/mol. The molecular formula is C2H12ClNNaO4P. The van der Waals surface area contributed by atoms with Gasteiger partial charge in [-0.05, 0) is 14.1 Å². The Hall–Kier alpha value is 1.36. The molecule has 0 aliphatic carbocycles. The van der Waals surface area contributed by atoms with E-state index in [4.69, 9.17) is 19.2 Å². The summed E-state index contributed by atoms with van der Waals surface area (Å²) in [4.78, 5) is 21.6. The number of rotatable bonds is 0. The van der Waals surface area contributed by atoms with Crippen molar-refractivity contribution >= 4 is 20.2 Å². The normalized spacial score (nSPS) is 7.70. The minimum Gasteiger partial charge on any atom is -1.00 e. The molecule has 0 radical (unpaired) electrons. The van der Waals surface area contributed by atoms with Crippen molar-refractivity contribution in [2.24, 2.45) is 0 Å². The maximum absolute atomic E-state index is 8.88. The molecule has 0 aromatic carbocycles. The van der Waals surface area contributed by atoms with Crippen LogP contribution in [0.4, 0.5) is 0 Å². The van der Waals surface area contributed by atoms with Gasteiger partial charge in [-0.15, -0.1) is 12.4 Å². The average molecular weight is 204 g/mol. The smallest absolute Gasteiger partial charge is 1.00 e. The predicted molar refractivity (Wildman–Crippen MR) is 37.6 cm³/mol. The molecule has 4 N–H and O–H groups in total. The van der Waals surface area contributed by atoms with Gasteiger partial charge in [0.2, 0.25) is 0 Å². The number of phosphoric acid groups is 1. The number of nitrogens with one attached hydrogen (secondary N) is 1. The van der Waals surface area contributed by atoms with Crippen molar-refractivity contribution in [1.82, 2.24) is 5.32 Å². The van der Waals surface area contributed by atoms with Crippen molar-refractivity contribution < 1.29 is 50.2 Å². The fourth-order valence-electron chi connectivity index (χ4n) is 0. The first-order valence-electron chi connectivity index (χ1n) is 1.78. The van der Waals surface area contributed by atoms with Crippen molar-refractivity contribution in [2.75, 3.05) is 14.1 Å². The van der Waals surface area contributed by atoms with Crippen LogP contribution >= 0.6 is 20.2 Å². The quantitative estimate of drug-likeness (QED) is 0.242. The molecule has 62 valence electrons. The Morgan fingerprint density at radius 3 is 1.30 bits per heavy atom. The predicted octanol–water partition coefficient (Wildman–Crippen LogP) is -3.55. The first-order chi connectivity index (χ1) is 3.41. The average Bonchev–Trinajstić information content (AvgIpc) is 1.27. The molecule has 0 spiro atoms. The van der Waals surface area contributed by atoms with Gasteiger partial charge in [0.05, 0.1) is 0 Å². The standard InChI is InChI=1S/C2H7N.ClH.Na.H3O4P.H/c1-3-2;;;1-5(2,3)4;/h3H,1-2H3;1H;;(H3,1,2,3,4);/q;;+1;;-1. The molecule has 0 rings (SSSR count). The van der Waals surface area contributed by atoms with E-state index in [1.807, 2.05) is 14.1 Å². The van der Waals surface area contributed by atoms with Crippen LogP contribution in [0.3, 0.4) is 0 Å². The Morgan fingerprint density at radius 1 is 1.30 bits per heavy atom.